The Bertz CT molecular complexity index is 413. The molecule has 2 rings (SSSR count). The fourth-order valence-corrected chi connectivity index (χ4v) is 1.96. The molecule has 4 heteroatoms. The van der Waals surface area contributed by atoms with E-state index < -0.39 is 0 Å². The second kappa shape index (κ2) is 6.57. The zero-order valence-corrected chi connectivity index (χ0v) is 11.7. The van der Waals surface area contributed by atoms with Crippen molar-refractivity contribution in [3.8, 4) is 5.75 Å². The number of ether oxygens (including phenoxy) is 1. The number of hydrogen-bond donors (Lipinski definition) is 1. The van der Waals surface area contributed by atoms with Gasteiger partial charge in [0.25, 0.3) is 5.91 Å². The van der Waals surface area contributed by atoms with E-state index in [0.29, 0.717) is 18.2 Å². The second-order valence-electron chi connectivity index (χ2n) is 5.03. The van der Waals surface area contributed by atoms with Crippen molar-refractivity contribution in [2.24, 2.45) is 0 Å². The molecule has 0 unspecified atom stereocenters. The van der Waals surface area contributed by atoms with Gasteiger partial charge in [0.2, 0.25) is 0 Å². The molecule has 0 aromatic heterocycles. The van der Waals surface area contributed by atoms with Crippen LogP contribution < -0.4 is 10.1 Å². The molecular formula is C15H22N2O2. The number of hydrogen-bond acceptors (Lipinski definition) is 3. The number of nitrogens with one attached hydrogen (secondary N) is 1. The quantitative estimate of drug-likeness (QED) is 0.851. The minimum Gasteiger partial charge on any atom is -0.490 e. The first-order valence-electron chi connectivity index (χ1n) is 6.87. The average molecular weight is 262 g/mol. The lowest BCUT2D eigenvalue weighted by atomic mass is 9.96. The van der Waals surface area contributed by atoms with Crippen molar-refractivity contribution in [2.45, 2.75) is 25.4 Å². The van der Waals surface area contributed by atoms with E-state index in [4.69, 9.17) is 4.74 Å². The third-order valence-corrected chi connectivity index (χ3v) is 3.50. The number of rotatable bonds is 6. The van der Waals surface area contributed by atoms with Crippen LogP contribution in [0.2, 0.25) is 0 Å². The van der Waals surface area contributed by atoms with E-state index in [1.54, 1.807) is 4.90 Å². The Morgan fingerprint density at radius 2 is 2.05 bits per heavy atom. The van der Waals surface area contributed by atoms with Gasteiger partial charge in [0.1, 0.15) is 5.75 Å². The molecule has 1 aliphatic carbocycles. The van der Waals surface area contributed by atoms with E-state index in [1.165, 1.54) is 6.42 Å². The summed E-state index contributed by atoms with van der Waals surface area (Å²) in [4.78, 5) is 13.8. The van der Waals surface area contributed by atoms with Gasteiger partial charge in [-0.15, -0.1) is 0 Å². The lowest BCUT2D eigenvalue weighted by molar-refractivity contribution is 0.0796. The van der Waals surface area contributed by atoms with Gasteiger partial charge in [0.05, 0.1) is 6.10 Å². The highest BCUT2D eigenvalue weighted by molar-refractivity contribution is 5.94. The first-order valence-corrected chi connectivity index (χ1v) is 6.87. The Morgan fingerprint density at radius 3 is 2.58 bits per heavy atom. The smallest absolute Gasteiger partial charge is 0.253 e. The summed E-state index contributed by atoms with van der Waals surface area (Å²) in [6.07, 6.45) is 3.93. The molecule has 1 aliphatic rings. The first kappa shape index (κ1) is 13.9. The van der Waals surface area contributed by atoms with Crippen molar-refractivity contribution in [3.05, 3.63) is 29.8 Å². The van der Waals surface area contributed by atoms with Gasteiger partial charge in [-0.1, -0.05) is 0 Å². The third kappa shape index (κ3) is 3.70. The highest BCUT2D eigenvalue weighted by Crippen LogP contribution is 2.25. The van der Waals surface area contributed by atoms with Crippen LogP contribution in [0.1, 0.15) is 29.6 Å². The van der Waals surface area contributed by atoms with Crippen molar-refractivity contribution in [1.29, 1.82) is 0 Å². The highest BCUT2D eigenvalue weighted by Gasteiger charge is 2.19. The van der Waals surface area contributed by atoms with Crippen LogP contribution in [0.4, 0.5) is 0 Å². The van der Waals surface area contributed by atoms with Crippen LogP contribution in [0.25, 0.3) is 0 Å². The van der Waals surface area contributed by atoms with Crippen LogP contribution in [-0.2, 0) is 0 Å². The predicted molar refractivity (Wildman–Crippen MR) is 75.6 cm³/mol. The molecule has 104 valence electrons. The van der Waals surface area contributed by atoms with Crippen LogP contribution in [0.5, 0.6) is 5.75 Å². The zero-order valence-electron chi connectivity index (χ0n) is 11.7. The Morgan fingerprint density at radius 1 is 1.37 bits per heavy atom. The number of benzene rings is 1. The average Bonchev–Trinajstić information content (AvgIpc) is 2.40. The lowest BCUT2D eigenvalue weighted by Gasteiger charge is -2.26. The molecule has 0 heterocycles. The van der Waals surface area contributed by atoms with Gasteiger partial charge < -0.3 is 15.0 Å². The number of carbonyl (C=O) groups is 1. The van der Waals surface area contributed by atoms with E-state index in [9.17, 15) is 4.79 Å². The third-order valence-electron chi connectivity index (χ3n) is 3.50. The monoisotopic (exact) mass is 262 g/mol. The van der Waals surface area contributed by atoms with Gasteiger partial charge in [-0.25, -0.2) is 0 Å². The summed E-state index contributed by atoms with van der Waals surface area (Å²) >= 11 is 0. The normalized spacial score (nSPS) is 14.8. The number of likely N-dealkylation sites (N-methyl/N-ethyl adjacent to an activating group) is 2. The summed E-state index contributed by atoms with van der Waals surface area (Å²) in [6.45, 7) is 1.50. The minimum atomic E-state index is 0.0467. The molecule has 0 radical (unpaired) electrons. The van der Waals surface area contributed by atoms with Crippen LogP contribution in [0.3, 0.4) is 0 Å². The molecule has 0 atom stereocenters. The summed E-state index contributed by atoms with van der Waals surface area (Å²) in [6, 6.07) is 7.45. The summed E-state index contributed by atoms with van der Waals surface area (Å²) in [5, 5.41) is 3.03. The van der Waals surface area contributed by atoms with Crippen molar-refractivity contribution < 1.29 is 9.53 Å². The SMILES string of the molecule is CNCCN(C)C(=O)c1ccc(OC2CCC2)cc1. The fourth-order valence-electron chi connectivity index (χ4n) is 1.96. The van der Waals surface area contributed by atoms with Crippen molar-refractivity contribution in [2.75, 3.05) is 27.2 Å². The minimum absolute atomic E-state index is 0.0467. The summed E-state index contributed by atoms with van der Waals surface area (Å²) in [5.41, 5.74) is 0.708. The largest absolute Gasteiger partial charge is 0.490 e. The molecule has 0 spiro atoms. The number of amides is 1. The topological polar surface area (TPSA) is 41.6 Å². The summed E-state index contributed by atoms with van der Waals surface area (Å²) in [5.74, 6) is 0.907. The van der Waals surface area contributed by atoms with E-state index in [-0.39, 0.29) is 5.91 Å². The molecule has 1 amide bonds. The van der Waals surface area contributed by atoms with Crippen molar-refractivity contribution in [3.63, 3.8) is 0 Å². The zero-order chi connectivity index (χ0) is 13.7. The highest BCUT2D eigenvalue weighted by atomic mass is 16.5. The van der Waals surface area contributed by atoms with E-state index in [1.807, 2.05) is 38.4 Å². The Kier molecular flexibility index (Phi) is 4.80. The standard InChI is InChI=1S/C15H22N2O2/c1-16-10-11-17(2)15(18)12-6-8-14(9-7-12)19-13-4-3-5-13/h6-9,13,16H,3-5,10-11H2,1-2H3. The van der Waals surface area contributed by atoms with Crippen LogP contribution >= 0.6 is 0 Å². The van der Waals surface area contributed by atoms with Gasteiger partial charge in [-0.3, -0.25) is 4.79 Å². The van der Waals surface area contributed by atoms with Gasteiger partial charge >= 0.3 is 0 Å². The molecular weight excluding hydrogens is 240 g/mol. The molecule has 1 saturated carbocycles. The summed E-state index contributed by atoms with van der Waals surface area (Å²) < 4.78 is 5.78. The molecule has 1 aromatic carbocycles. The number of carbonyl (C=O) groups excluding carboxylic acids is 1. The Hall–Kier alpha value is -1.55. The van der Waals surface area contributed by atoms with Crippen LogP contribution in [-0.4, -0.2) is 44.1 Å². The van der Waals surface area contributed by atoms with Gasteiger partial charge in [-0.2, -0.15) is 0 Å². The van der Waals surface area contributed by atoms with E-state index >= 15 is 0 Å². The van der Waals surface area contributed by atoms with Crippen LogP contribution in [0, 0.1) is 0 Å². The maximum Gasteiger partial charge on any atom is 0.253 e. The molecule has 4 nitrogen and oxygen atoms in total. The first-order chi connectivity index (χ1) is 9.20. The lowest BCUT2D eigenvalue weighted by Crippen LogP contribution is -2.32. The van der Waals surface area contributed by atoms with Crippen LogP contribution in [0.15, 0.2) is 24.3 Å². The maximum atomic E-state index is 12.1. The molecule has 19 heavy (non-hydrogen) atoms. The van der Waals surface area contributed by atoms with Crippen molar-refractivity contribution >= 4 is 5.91 Å². The second-order valence-corrected chi connectivity index (χ2v) is 5.03. The Labute approximate surface area is 114 Å². The van der Waals surface area contributed by atoms with Crippen molar-refractivity contribution in [1.82, 2.24) is 10.2 Å². The van der Waals surface area contributed by atoms with Gasteiger partial charge in [0, 0.05) is 25.7 Å². The summed E-state index contributed by atoms with van der Waals surface area (Å²) in [7, 11) is 3.70. The molecule has 0 saturated heterocycles. The number of nitrogens with zero attached hydrogens (tertiary/aromatic N) is 1. The predicted octanol–water partition coefficient (Wildman–Crippen LogP) is 1.91. The van der Waals surface area contributed by atoms with Gasteiger partial charge in [-0.05, 0) is 50.6 Å². The molecule has 1 N–H and O–H groups in total. The van der Waals surface area contributed by atoms with E-state index in [2.05, 4.69) is 5.32 Å². The van der Waals surface area contributed by atoms with Gasteiger partial charge in [0.15, 0.2) is 0 Å². The fraction of sp³-hybridized carbons (Fsp3) is 0.533. The molecule has 0 aliphatic heterocycles. The molecule has 1 aromatic rings. The Balaban J connectivity index is 1.91. The molecule has 1 fully saturated rings. The molecule has 0 bridgehead atoms. The van der Waals surface area contributed by atoms with E-state index in [0.717, 1.165) is 25.1 Å². The maximum absolute atomic E-state index is 12.1.